The Morgan fingerprint density at radius 3 is 2.59 bits per heavy atom. The van der Waals surface area contributed by atoms with E-state index < -0.39 is 30.7 Å². The summed E-state index contributed by atoms with van der Waals surface area (Å²) in [5.41, 5.74) is 0.837. The number of nitrogens with one attached hydrogen (secondary N) is 1. The standard InChI is InChI=1S/C15H16F2N2O3/c16-12(17)8-18-15(22)14(21)11-6-7-13(20)19(11)9-10-4-2-1-3-5-10/h1-5,11-12H,6-9H2,(H,18,22)/t11-/m1/s1. The van der Waals surface area contributed by atoms with Gasteiger partial charge in [0, 0.05) is 13.0 Å². The lowest BCUT2D eigenvalue weighted by Gasteiger charge is -2.23. The Balaban J connectivity index is 2.03. The second-order valence-electron chi connectivity index (χ2n) is 5.03. The van der Waals surface area contributed by atoms with E-state index in [9.17, 15) is 23.2 Å². The Morgan fingerprint density at radius 1 is 1.27 bits per heavy atom. The van der Waals surface area contributed by atoms with E-state index in [-0.39, 0.29) is 25.3 Å². The molecule has 0 radical (unpaired) electrons. The molecule has 1 aromatic carbocycles. The Labute approximate surface area is 126 Å². The third-order valence-electron chi connectivity index (χ3n) is 3.47. The predicted octanol–water partition coefficient (Wildman–Crippen LogP) is 1.13. The molecule has 0 aliphatic carbocycles. The number of hydrogen-bond donors (Lipinski definition) is 1. The van der Waals surface area contributed by atoms with Crippen LogP contribution in [0.2, 0.25) is 0 Å². The number of hydrogen-bond acceptors (Lipinski definition) is 3. The Bertz CT molecular complexity index is 563. The number of likely N-dealkylation sites (tertiary alicyclic amines) is 1. The number of benzene rings is 1. The first-order valence-electron chi connectivity index (χ1n) is 6.92. The van der Waals surface area contributed by atoms with Gasteiger partial charge in [-0.1, -0.05) is 30.3 Å². The van der Waals surface area contributed by atoms with Crippen LogP contribution in [0, 0.1) is 0 Å². The summed E-state index contributed by atoms with van der Waals surface area (Å²) in [6, 6.07) is 8.18. The number of alkyl halides is 2. The molecule has 0 bridgehead atoms. The van der Waals surface area contributed by atoms with E-state index in [0.717, 1.165) is 5.56 Å². The Morgan fingerprint density at radius 2 is 1.95 bits per heavy atom. The molecule has 118 valence electrons. The van der Waals surface area contributed by atoms with E-state index >= 15 is 0 Å². The van der Waals surface area contributed by atoms with Crippen molar-refractivity contribution in [1.29, 1.82) is 0 Å². The highest BCUT2D eigenvalue weighted by atomic mass is 19.3. The number of Topliss-reactive ketones (excluding diaryl/α,β-unsaturated/α-hetero) is 1. The number of amides is 2. The van der Waals surface area contributed by atoms with Crippen LogP contribution in [0.15, 0.2) is 30.3 Å². The van der Waals surface area contributed by atoms with Crippen molar-refractivity contribution in [3.8, 4) is 0 Å². The molecule has 0 spiro atoms. The summed E-state index contributed by atoms with van der Waals surface area (Å²) < 4.78 is 24.1. The summed E-state index contributed by atoms with van der Waals surface area (Å²) in [6.45, 7) is -0.651. The van der Waals surface area contributed by atoms with Crippen molar-refractivity contribution in [2.45, 2.75) is 31.9 Å². The maximum Gasteiger partial charge on any atom is 0.289 e. The van der Waals surface area contributed by atoms with E-state index in [2.05, 4.69) is 0 Å². The molecule has 2 amide bonds. The third-order valence-corrected chi connectivity index (χ3v) is 3.47. The summed E-state index contributed by atoms with van der Waals surface area (Å²) in [5.74, 6) is -2.13. The summed E-state index contributed by atoms with van der Waals surface area (Å²) in [6.07, 6.45) is -2.32. The lowest BCUT2D eigenvalue weighted by molar-refractivity contribution is -0.143. The molecular weight excluding hydrogens is 294 g/mol. The van der Waals surface area contributed by atoms with Gasteiger partial charge in [0.05, 0.1) is 6.54 Å². The molecule has 1 atom stereocenters. The first-order chi connectivity index (χ1) is 10.5. The van der Waals surface area contributed by atoms with Crippen molar-refractivity contribution in [2.75, 3.05) is 6.54 Å². The lowest BCUT2D eigenvalue weighted by atomic mass is 10.1. The average molecular weight is 310 g/mol. The van der Waals surface area contributed by atoms with Crippen LogP contribution in [0.3, 0.4) is 0 Å². The number of nitrogens with zero attached hydrogens (tertiary/aromatic N) is 1. The van der Waals surface area contributed by atoms with E-state index in [1.165, 1.54) is 4.90 Å². The fraction of sp³-hybridized carbons (Fsp3) is 0.400. The van der Waals surface area contributed by atoms with Crippen LogP contribution < -0.4 is 5.32 Å². The molecule has 1 N–H and O–H groups in total. The molecule has 5 nitrogen and oxygen atoms in total. The molecule has 1 fully saturated rings. The smallest absolute Gasteiger partial charge is 0.289 e. The van der Waals surface area contributed by atoms with Gasteiger partial charge in [-0.3, -0.25) is 14.4 Å². The van der Waals surface area contributed by atoms with Crippen LogP contribution in [0.25, 0.3) is 0 Å². The zero-order valence-corrected chi connectivity index (χ0v) is 11.8. The normalized spacial score (nSPS) is 17.9. The van der Waals surface area contributed by atoms with E-state index in [4.69, 9.17) is 0 Å². The summed E-state index contributed by atoms with van der Waals surface area (Å²) in [5, 5.41) is 1.88. The highest BCUT2D eigenvalue weighted by molar-refractivity contribution is 6.38. The van der Waals surface area contributed by atoms with Gasteiger partial charge >= 0.3 is 0 Å². The topological polar surface area (TPSA) is 66.5 Å². The van der Waals surface area contributed by atoms with Gasteiger partial charge in [-0.15, -0.1) is 0 Å². The van der Waals surface area contributed by atoms with Crippen LogP contribution in [0.1, 0.15) is 18.4 Å². The molecule has 1 aromatic rings. The van der Waals surface area contributed by atoms with Crippen molar-refractivity contribution in [2.24, 2.45) is 0 Å². The number of ketones is 1. The minimum absolute atomic E-state index is 0.172. The van der Waals surface area contributed by atoms with Crippen molar-refractivity contribution in [1.82, 2.24) is 10.2 Å². The molecule has 22 heavy (non-hydrogen) atoms. The van der Waals surface area contributed by atoms with Crippen molar-refractivity contribution >= 4 is 17.6 Å². The van der Waals surface area contributed by atoms with Gasteiger partial charge in [-0.05, 0) is 12.0 Å². The average Bonchev–Trinajstić information content (AvgIpc) is 2.86. The SMILES string of the molecule is O=C(NCC(F)F)C(=O)[C@H]1CCC(=O)N1Cc1ccccc1. The lowest BCUT2D eigenvalue weighted by Crippen LogP contribution is -2.46. The number of carbonyl (C=O) groups excluding carboxylic acids is 3. The minimum Gasteiger partial charge on any atom is -0.344 e. The Kier molecular flexibility index (Phi) is 5.19. The molecular formula is C15H16F2N2O3. The second-order valence-corrected chi connectivity index (χ2v) is 5.03. The molecule has 1 aliphatic rings. The predicted molar refractivity (Wildman–Crippen MR) is 74.0 cm³/mol. The quantitative estimate of drug-likeness (QED) is 0.801. The molecule has 0 unspecified atom stereocenters. The van der Waals surface area contributed by atoms with Gasteiger partial charge in [0.25, 0.3) is 12.3 Å². The number of halogens is 2. The summed E-state index contributed by atoms with van der Waals surface area (Å²) in [7, 11) is 0. The summed E-state index contributed by atoms with van der Waals surface area (Å²) >= 11 is 0. The molecule has 1 heterocycles. The first kappa shape index (κ1) is 16.1. The van der Waals surface area contributed by atoms with Crippen molar-refractivity contribution in [3.05, 3.63) is 35.9 Å². The van der Waals surface area contributed by atoms with Gasteiger partial charge in [0.1, 0.15) is 6.04 Å². The number of carbonyl (C=O) groups is 3. The number of rotatable bonds is 6. The fourth-order valence-corrected chi connectivity index (χ4v) is 2.39. The van der Waals surface area contributed by atoms with E-state index in [0.29, 0.717) is 0 Å². The van der Waals surface area contributed by atoms with Gasteiger partial charge < -0.3 is 10.2 Å². The minimum atomic E-state index is -2.72. The molecule has 2 rings (SSSR count). The fourth-order valence-electron chi connectivity index (χ4n) is 2.39. The highest BCUT2D eigenvalue weighted by Gasteiger charge is 2.38. The monoisotopic (exact) mass is 310 g/mol. The maximum atomic E-state index is 12.1. The van der Waals surface area contributed by atoms with Gasteiger partial charge in [-0.2, -0.15) is 0 Å². The van der Waals surface area contributed by atoms with Crippen LogP contribution in [-0.4, -0.2) is 41.5 Å². The molecule has 0 saturated carbocycles. The van der Waals surface area contributed by atoms with Gasteiger partial charge in [-0.25, -0.2) is 8.78 Å². The largest absolute Gasteiger partial charge is 0.344 e. The zero-order valence-electron chi connectivity index (χ0n) is 11.8. The van der Waals surface area contributed by atoms with Crippen LogP contribution in [0.5, 0.6) is 0 Å². The molecule has 1 aliphatic heterocycles. The van der Waals surface area contributed by atoms with Crippen molar-refractivity contribution in [3.63, 3.8) is 0 Å². The molecule has 1 saturated heterocycles. The highest BCUT2D eigenvalue weighted by Crippen LogP contribution is 2.22. The molecule has 7 heteroatoms. The van der Waals surface area contributed by atoms with Gasteiger partial charge in [0.2, 0.25) is 11.7 Å². The van der Waals surface area contributed by atoms with Crippen LogP contribution in [-0.2, 0) is 20.9 Å². The van der Waals surface area contributed by atoms with E-state index in [1.807, 2.05) is 35.6 Å². The van der Waals surface area contributed by atoms with Gasteiger partial charge in [0.15, 0.2) is 0 Å². The third kappa shape index (κ3) is 3.87. The second kappa shape index (κ2) is 7.11. The van der Waals surface area contributed by atoms with Crippen LogP contribution >= 0.6 is 0 Å². The van der Waals surface area contributed by atoms with E-state index in [1.54, 1.807) is 0 Å². The van der Waals surface area contributed by atoms with Crippen molar-refractivity contribution < 1.29 is 23.2 Å². The Hall–Kier alpha value is -2.31. The maximum absolute atomic E-state index is 12.1. The first-order valence-corrected chi connectivity index (χ1v) is 6.92. The summed E-state index contributed by atoms with van der Waals surface area (Å²) in [4.78, 5) is 36.9. The zero-order chi connectivity index (χ0) is 16.1. The van der Waals surface area contributed by atoms with Crippen LogP contribution in [0.4, 0.5) is 8.78 Å². The molecule has 0 aromatic heterocycles.